The summed E-state index contributed by atoms with van der Waals surface area (Å²) in [6.45, 7) is 3.09. The van der Waals surface area contributed by atoms with Gasteiger partial charge in [0, 0.05) is 4.47 Å². The highest BCUT2D eigenvalue weighted by Crippen LogP contribution is 2.32. The van der Waals surface area contributed by atoms with E-state index in [0.29, 0.717) is 19.6 Å². The lowest BCUT2D eigenvalue weighted by Crippen LogP contribution is -2.28. The lowest BCUT2D eigenvalue weighted by molar-refractivity contribution is -0.121. The fourth-order valence-electron chi connectivity index (χ4n) is 2.54. The van der Waals surface area contributed by atoms with Crippen LogP contribution in [0.15, 0.2) is 46.9 Å². The normalized spacial score (nSPS) is 14.2. The molecule has 23 heavy (non-hydrogen) atoms. The van der Waals surface area contributed by atoms with Crippen molar-refractivity contribution in [3.63, 3.8) is 0 Å². The molecule has 1 N–H and O–H groups in total. The van der Waals surface area contributed by atoms with Crippen molar-refractivity contribution >= 4 is 21.8 Å². The second kappa shape index (κ2) is 7.04. The standard InChI is InChI=1S/C18H18BrNO3/c1-12(14-5-6-16-17(11-14)23-8-7-22-16)20-18(21)10-13-3-2-4-15(19)9-13/h2-6,9,11-12H,7-8,10H2,1H3,(H,20,21). The van der Waals surface area contributed by atoms with Gasteiger partial charge in [0.05, 0.1) is 12.5 Å². The van der Waals surface area contributed by atoms with Crippen molar-refractivity contribution in [3.8, 4) is 11.5 Å². The molecule has 2 aromatic rings. The van der Waals surface area contributed by atoms with E-state index in [4.69, 9.17) is 9.47 Å². The Morgan fingerprint density at radius 2 is 1.96 bits per heavy atom. The van der Waals surface area contributed by atoms with E-state index in [2.05, 4.69) is 21.2 Å². The zero-order valence-corrected chi connectivity index (χ0v) is 14.4. The molecule has 4 nitrogen and oxygen atoms in total. The van der Waals surface area contributed by atoms with Crippen molar-refractivity contribution in [3.05, 3.63) is 58.1 Å². The Morgan fingerprint density at radius 1 is 1.17 bits per heavy atom. The van der Waals surface area contributed by atoms with Gasteiger partial charge in [-0.2, -0.15) is 0 Å². The van der Waals surface area contributed by atoms with E-state index in [1.807, 2.05) is 49.4 Å². The number of nitrogens with one attached hydrogen (secondary N) is 1. The Hall–Kier alpha value is -2.01. The summed E-state index contributed by atoms with van der Waals surface area (Å²) >= 11 is 3.42. The van der Waals surface area contributed by atoms with Gasteiger partial charge in [0.2, 0.25) is 5.91 Å². The van der Waals surface area contributed by atoms with Crippen LogP contribution in [-0.4, -0.2) is 19.1 Å². The number of halogens is 1. The zero-order valence-electron chi connectivity index (χ0n) is 12.8. The summed E-state index contributed by atoms with van der Waals surface area (Å²) in [5.41, 5.74) is 1.98. The average molecular weight is 376 g/mol. The van der Waals surface area contributed by atoms with Crippen molar-refractivity contribution in [2.24, 2.45) is 0 Å². The summed E-state index contributed by atoms with van der Waals surface area (Å²) in [5, 5.41) is 3.02. The van der Waals surface area contributed by atoms with Gasteiger partial charge in [-0.05, 0) is 42.3 Å². The Bertz CT molecular complexity index is 717. The maximum absolute atomic E-state index is 12.2. The third-order valence-electron chi connectivity index (χ3n) is 3.70. The zero-order chi connectivity index (χ0) is 16.2. The number of hydrogen-bond acceptors (Lipinski definition) is 3. The number of amides is 1. The maximum Gasteiger partial charge on any atom is 0.224 e. The molecule has 0 aliphatic carbocycles. The fraction of sp³-hybridized carbons (Fsp3) is 0.278. The number of benzene rings is 2. The first-order valence-electron chi connectivity index (χ1n) is 7.55. The molecule has 0 radical (unpaired) electrons. The molecule has 0 fully saturated rings. The highest BCUT2D eigenvalue weighted by Gasteiger charge is 2.16. The summed E-state index contributed by atoms with van der Waals surface area (Å²) in [5.74, 6) is 1.49. The first-order valence-corrected chi connectivity index (χ1v) is 8.34. The van der Waals surface area contributed by atoms with Gasteiger partial charge in [-0.15, -0.1) is 0 Å². The largest absolute Gasteiger partial charge is 0.486 e. The quantitative estimate of drug-likeness (QED) is 0.887. The Labute approximate surface area is 143 Å². The molecule has 1 unspecified atom stereocenters. The van der Waals surface area contributed by atoms with E-state index in [9.17, 15) is 4.79 Å². The van der Waals surface area contributed by atoms with Crippen LogP contribution in [0.5, 0.6) is 11.5 Å². The van der Waals surface area contributed by atoms with Crippen LogP contribution in [0.1, 0.15) is 24.1 Å². The van der Waals surface area contributed by atoms with Gasteiger partial charge in [-0.3, -0.25) is 4.79 Å². The molecule has 120 valence electrons. The molecule has 0 saturated carbocycles. The third-order valence-corrected chi connectivity index (χ3v) is 4.19. The molecule has 0 aromatic heterocycles. The third kappa shape index (κ3) is 4.05. The minimum absolute atomic E-state index is 0.00881. The van der Waals surface area contributed by atoms with E-state index < -0.39 is 0 Å². The molecule has 3 rings (SSSR count). The number of carbonyl (C=O) groups excluding carboxylic acids is 1. The molecular formula is C18H18BrNO3. The van der Waals surface area contributed by atoms with Gasteiger partial charge >= 0.3 is 0 Å². The van der Waals surface area contributed by atoms with Crippen LogP contribution in [0.2, 0.25) is 0 Å². The smallest absolute Gasteiger partial charge is 0.224 e. The van der Waals surface area contributed by atoms with Gasteiger partial charge in [-0.25, -0.2) is 0 Å². The average Bonchev–Trinajstić information content (AvgIpc) is 2.54. The number of hydrogen-bond donors (Lipinski definition) is 1. The second-order valence-electron chi connectivity index (χ2n) is 5.50. The first kappa shape index (κ1) is 15.9. The molecule has 1 atom stereocenters. The molecule has 2 aromatic carbocycles. The molecule has 0 saturated heterocycles. The monoisotopic (exact) mass is 375 g/mol. The summed E-state index contributed by atoms with van der Waals surface area (Å²) in [6, 6.07) is 13.4. The predicted molar refractivity (Wildman–Crippen MR) is 91.8 cm³/mol. The van der Waals surface area contributed by atoms with E-state index >= 15 is 0 Å². The van der Waals surface area contributed by atoms with Gasteiger partial charge in [0.15, 0.2) is 11.5 Å². The summed E-state index contributed by atoms with van der Waals surface area (Å²) in [4.78, 5) is 12.2. The molecule has 1 aliphatic rings. The second-order valence-corrected chi connectivity index (χ2v) is 6.41. The summed E-state index contributed by atoms with van der Waals surface area (Å²) in [7, 11) is 0. The minimum Gasteiger partial charge on any atom is -0.486 e. The number of ether oxygens (including phenoxy) is 2. The van der Waals surface area contributed by atoms with Crippen LogP contribution < -0.4 is 14.8 Å². The molecule has 1 aliphatic heterocycles. The van der Waals surface area contributed by atoms with Gasteiger partial charge < -0.3 is 14.8 Å². The molecule has 1 amide bonds. The van der Waals surface area contributed by atoms with Gasteiger partial charge in [0.25, 0.3) is 0 Å². The van der Waals surface area contributed by atoms with Crippen molar-refractivity contribution in [2.75, 3.05) is 13.2 Å². The summed E-state index contributed by atoms with van der Waals surface area (Å²) < 4.78 is 12.1. The molecule has 0 spiro atoms. The summed E-state index contributed by atoms with van der Waals surface area (Å²) in [6.07, 6.45) is 0.355. The number of rotatable bonds is 4. The lowest BCUT2D eigenvalue weighted by Gasteiger charge is -2.21. The van der Waals surface area contributed by atoms with E-state index in [-0.39, 0.29) is 11.9 Å². The van der Waals surface area contributed by atoms with Crippen molar-refractivity contribution in [1.82, 2.24) is 5.32 Å². The highest BCUT2D eigenvalue weighted by molar-refractivity contribution is 9.10. The van der Waals surface area contributed by atoms with Crippen LogP contribution in [0, 0.1) is 0 Å². The van der Waals surface area contributed by atoms with Gasteiger partial charge in [0.1, 0.15) is 13.2 Å². The van der Waals surface area contributed by atoms with Crippen LogP contribution in [0.4, 0.5) is 0 Å². The Kier molecular flexibility index (Phi) is 4.86. The molecule has 0 bridgehead atoms. The topological polar surface area (TPSA) is 47.6 Å². The van der Waals surface area contributed by atoms with Gasteiger partial charge in [-0.1, -0.05) is 34.1 Å². The molecule has 5 heteroatoms. The SMILES string of the molecule is CC(NC(=O)Cc1cccc(Br)c1)c1ccc2c(c1)OCCO2. The van der Waals surface area contributed by atoms with E-state index in [1.54, 1.807) is 0 Å². The van der Waals surface area contributed by atoms with Crippen LogP contribution >= 0.6 is 15.9 Å². The Morgan fingerprint density at radius 3 is 2.74 bits per heavy atom. The van der Waals surface area contributed by atoms with Crippen LogP contribution in [-0.2, 0) is 11.2 Å². The predicted octanol–water partition coefficient (Wildman–Crippen LogP) is 3.64. The van der Waals surface area contributed by atoms with Crippen molar-refractivity contribution in [2.45, 2.75) is 19.4 Å². The fourth-order valence-corrected chi connectivity index (χ4v) is 2.98. The van der Waals surface area contributed by atoms with E-state index in [1.165, 1.54) is 0 Å². The first-order chi connectivity index (χ1) is 11.1. The maximum atomic E-state index is 12.2. The van der Waals surface area contributed by atoms with E-state index in [0.717, 1.165) is 27.1 Å². The van der Waals surface area contributed by atoms with Crippen molar-refractivity contribution in [1.29, 1.82) is 0 Å². The number of fused-ring (bicyclic) bond motifs is 1. The van der Waals surface area contributed by atoms with Crippen LogP contribution in [0.3, 0.4) is 0 Å². The lowest BCUT2D eigenvalue weighted by atomic mass is 10.1. The Balaban J connectivity index is 1.64. The van der Waals surface area contributed by atoms with Crippen molar-refractivity contribution < 1.29 is 14.3 Å². The minimum atomic E-state index is -0.0921. The molecular weight excluding hydrogens is 358 g/mol. The van der Waals surface area contributed by atoms with Crippen LogP contribution in [0.25, 0.3) is 0 Å². The number of carbonyl (C=O) groups is 1. The molecule has 1 heterocycles. The highest BCUT2D eigenvalue weighted by atomic mass is 79.9.